The molecule has 0 aliphatic carbocycles. The van der Waals surface area contributed by atoms with Crippen LogP contribution >= 0.6 is 0 Å². The lowest BCUT2D eigenvalue weighted by Gasteiger charge is -2.23. The summed E-state index contributed by atoms with van der Waals surface area (Å²) in [6.45, 7) is 0. The van der Waals surface area contributed by atoms with E-state index in [1.807, 2.05) is 0 Å². The minimum atomic E-state index is -5.58. The van der Waals surface area contributed by atoms with Crippen LogP contribution in [0.5, 0.6) is 11.5 Å². The zero-order valence-corrected chi connectivity index (χ0v) is 17.5. The molecule has 3 aromatic carbocycles. The molecule has 7 nitrogen and oxygen atoms in total. The van der Waals surface area contributed by atoms with E-state index >= 15 is 0 Å². The highest BCUT2D eigenvalue weighted by Gasteiger charge is 2.47. The largest absolute Gasteiger partial charge is 0.508 e. The number of hydrogen-bond acceptors (Lipinski definition) is 7. The maximum atomic E-state index is 13.0. The van der Waals surface area contributed by atoms with Crippen LogP contribution in [0.3, 0.4) is 0 Å². The van der Waals surface area contributed by atoms with E-state index in [0.717, 1.165) is 12.1 Å². The molecule has 3 N–H and O–H groups in total. The number of nitrogens with one attached hydrogen (secondary N) is 1. The molecule has 33 heavy (non-hydrogen) atoms. The molecule has 4 rings (SSSR count). The Bertz CT molecular complexity index is 1390. The van der Waals surface area contributed by atoms with Gasteiger partial charge in [0.1, 0.15) is 23.2 Å². The van der Waals surface area contributed by atoms with Crippen LogP contribution in [-0.4, -0.2) is 35.8 Å². The minimum Gasteiger partial charge on any atom is -0.508 e. The predicted octanol–water partition coefficient (Wildman–Crippen LogP) is 3.89. The average Bonchev–Trinajstić information content (AvgIpc) is 2.79. The van der Waals surface area contributed by atoms with Gasteiger partial charge in [0.05, 0.1) is 10.5 Å². The second-order valence-corrected chi connectivity index (χ2v) is 8.95. The fourth-order valence-corrected chi connectivity index (χ4v) is 4.00. The number of halogens is 3. The third kappa shape index (κ3) is 4.27. The van der Waals surface area contributed by atoms with Crippen molar-refractivity contribution in [2.75, 3.05) is 0 Å². The molecule has 1 aliphatic rings. The van der Waals surface area contributed by atoms with Crippen molar-refractivity contribution in [3.63, 3.8) is 0 Å². The van der Waals surface area contributed by atoms with E-state index in [1.54, 1.807) is 36.4 Å². The van der Waals surface area contributed by atoms with Crippen LogP contribution in [0.1, 0.15) is 22.9 Å². The van der Waals surface area contributed by atoms with Crippen LogP contribution in [0.25, 0.3) is 0 Å². The highest BCUT2D eigenvalue weighted by molar-refractivity contribution is 7.92. The molecule has 0 bridgehead atoms. The second kappa shape index (κ2) is 8.24. The molecule has 0 radical (unpaired) electrons. The molecule has 0 saturated heterocycles. The van der Waals surface area contributed by atoms with Gasteiger partial charge in [0, 0.05) is 11.1 Å². The van der Waals surface area contributed by atoms with Crippen LogP contribution < -0.4 is 5.32 Å². The van der Waals surface area contributed by atoms with Crippen LogP contribution in [0.15, 0.2) is 87.7 Å². The van der Waals surface area contributed by atoms with Gasteiger partial charge in [-0.1, -0.05) is 42.5 Å². The van der Waals surface area contributed by atoms with Gasteiger partial charge in [-0.2, -0.15) is 13.2 Å². The second-order valence-electron chi connectivity index (χ2n) is 7.01. The van der Waals surface area contributed by atoms with E-state index < -0.39 is 26.4 Å². The molecule has 0 amide bonds. The summed E-state index contributed by atoms with van der Waals surface area (Å²) >= 11 is 0. The minimum absolute atomic E-state index is 0.00994. The van der Waals surface area contributed by atoms with Gasteiger partial charge in [-0.25, -0.2) is 18.4 Å². The topological polar surface area (TPSA) is 111 Å². The summed E-state index contributed by atoms with van der Waals surface area (Å²) in [7, 11) is -5.58. The van der Waals surface area contributed by atoms with Crippen molar-refractivity contribution in [1.29, 1.82) is 0 Å². The SMILES string of the molecule is O=S(=O)(c1cccc(C2=NC(c3ccccc3O)N=C(c3ccccc3O)N2)c1)C(F)(F)F. The Kier molecular flexibility index (Phi) is 5.58. The first-order chi connectivity index (χ1) is 15.6. The van der Waals surface area contributed by atoms with Crippen LogP contribution in [0.4, 0.5) is 13.2 Å². The average molecular weight is 475 g/mol. The van der Waals surface area contributed by atoms with Crippen molar-refractivity contribution in [2.24, 2.45) is 9.98 Å². The fourth-order valence-electron chi connectivity index (χ4n) is 3.20. The molecule has 0 fully saturated rings. The number of rotatable bonds is 4. The number of sulfone groups is 1. The monoisotopic (exact) mass is 475 g/mol. The Hall–Kier alpha value is -3.86. The maximum absolute atomic E-state index is 13.0. The predicted molar refractivity (Wildman–Crippen MR) is 115 cm³/mol. The third-order valence-electron chi connectivity index (χ3n) is 4.84. The van der Waals surface area contributed by atoms with Crippen LogP contribution in [0.2, 0.25) is 0 Å². The number of hydrogen-bond donors (Lipinski definition) is 3. The Morgan fingerprint density at radius 3 is 2.12 bits per heavy atom. The first-order valence-electron chi connectivity index (χ1n) is 9.48. The molecule has 170 valence electrons. The van der Waals surface area contributed by atoms with Crippen molar-refractivity contribution in [3.8, 4) is 11.5 Å². The summed E-state index contributed by atoms with van der Waals surface area (Å²) in [5, 5.41) is 23.4. The molecule has 1 heterocycles. The quantitative estimate of drug-likeness (QED) is 0.530. The number of amidine groups is 2. The van der Waals surface area contributed by atoms with Crippen molar-refractivity contribution in [3.05, 3.63) is 89.5 Å². The molecule has 11 heteroatoms. The lowest BCUT2D eigenvalue weighted by molar-refractivity contribution is -0.0436. The summed E-state index contributed by atoms with van der Waals surface area (Å²) in [5.41, 5.74) is -4.83. The summed E-state index contributed by atoms with van der Waals surface area (Å²) in [6, 6.07) is 16.7. The van der Waals surface area contributed by atoms with E-state index in [4.69, 9.17) is 0 Å². The van der Waals surface area contributed by atoms with E-state index in [9.17, 15) is 31.8 Å². The van der Waals surface area contributed by atoms with E-state index in [0.29, 0.717) is 5.56 Å². The van der Waals surface area contributed by atoms with Gasteiger partial charge in [-0.15, -0.1) is 0 Å². The zero-order chi connectivity index (χ0) is 23.8. The standard InChI is InChI=1S/C22H16F3N3O4S/c23-22(24,25)33(31,32)14-7-5-6-13(12-14)19-26-20(15-8-1-3-10-17(15)29)28-21(27-19)16-9-2-4-11-18(16)30/h1-12,20,29-30H,(H,26,27,28). The Labute approximate surface area is 186 Å². The summed E-state index contributed by atoms with van der Waals surface area (Å²) in [5.74, 6) is -0.0816. The van der Waals surface area contributed by atoms with Gasteiger partial charge >= 0.3 is 5.51 Å². The molecule has 1 unspecified atom stereocenters. The zero-order valence-electron chi connectivity index (χ0n) is 16.7. The number of nitrogens with zero attached hydrogens (tertiary/aromatic N) is 2. The molecule has 1 aliphatic heterocycles. The van der Waals surface area contributed by atoms with Gasteiger partial charge in [0.15, 0.2) is 6.17 Å². The molecule has 1 atom stereocenters. The molecular weight excluding hydrogens is 459 g/mol. The van der Waals surface area contributed by atoms with Gasteiger partial charge in [0.25, 0.3) is 9.84 Å². The van der Waals surface area contributed by atoms with Crippen LogP contribution in [-0.2, 0) is 9.84 Å². The number of aromatic hydroxyl groups is 2. The number of phenols is 2. The highest BCUT2D eigenvalue weighted by atomic mass is 32.2. The molecular formula is C22H16F3N3O4S. The van der Waals surface area contributed by atoms with Gasteiger partial charge in [0.2, 0.25) is 0 Å². The molecule has 0 saturated carbocycles. The molecule has 0 spiro atoms. The summed E-state index contributed by atoms with van der Waals surface area (Å²) in [4.78, 5) is 7.86. The van der Waals surface area contributed by atoms with Crippen molar-refractivity contribution in [1.82, 2.24) is 5.32 Å². The Morgan fingerprint density at radius 2 is 1.45 bits per heavy atom. The first kappa shape index (κ1) is 22.3. The molecule has 3 aromatic rings. The normalized spacial score (nSPS) is 16.5. The van der Waals surface area contributed by atoms with Crippen LogP contribution in [0, 0.1) is 0 Å². The Morgan fingerprint density at radius 1 is 0.818 bits per heavy atom. The van der Waals surface area contributed by atoms with Gasteiger partial charge < -0.3 is 15.5 Å². The highest BCUT2D eigenvalue weighted by Crippen LogP contribution is 2.33. The number of benzene rings is 3. The number of para-hydroxylation sites is 2. The van der Waals surface area contributed by atoms with E-state index in [-0.39, 0.29) is 34.3 Å². The van der Waals surface area contributed by atoms with Gasteiger partial charge in [-0.3, -0.25) is 0 Å². The lowest BCUT2D eigenvalue weighted by Crippen LogP contribution is -2.36. The number of alkyl halides is 3. The van der Waals surface area contributed by atoms with Crippen molar-refractivity contribution < 1.29 is 31.8 Å². The molecule has 0 aromatic heterocycles. The van der Waals surface area contributed by atoms with E-state index in [2.05, 4.69) is 15.3 Å². The maximum Gasteiger partial charge on any atom is 0.501 e. The fraction of sp³-hybridized carbons (Fsp3) is 0.0909. The number of phenolic OH excluding ortho intramolecular Hbond substituents is 2. The Balaban J connectivity index is 1.84. The van der Waals surface area contributed by atoms with Crippen molar-refractivity contribution in [2.45, 2.75) is 16.6 Å². The smallest absolute Gasteiger partial charge is 0.501 e. The summed E-state index contributed by atoms with van der Waals surface area (Å²) < 4.78 is 62.9. The first-order valence-corrected chi connectivity index (χ1v) is 11.0. The summed E-state index contributed by atoms with van der Waals surface area (Å²) in [6.07, 6.45) is -1.01. The van der Waals surface area contributed by atoms with Crippen molar-refractivity contribution >= 4 is 21.5 Å². The van der Waals surface area contributed by atoms with E-state index in [1.165, 1.54) is 24.3 Å². The number of aliphatic imine (C=N–C) groups is 2. The lowest BCUT2D eigenvalue weighted by atomic mass is 10.1. The van der Waals surface area contributed by atoms with Gasteiger partial charge in [-0.05, 0) is 30.3 Å². The third-order valence-corrected chi connectivity index (χ3v) is 6.32.